The van der Waals surface area contributed by atoms with Crippen LogP contribution in [0.1, 0.15) is 12.5 Å². The van der Waals surface area contributed by atoms with Gasteiger partial charge in [0.1, 0.15) is 6.04 Å². The molecule has 1 aliphatic heterocycles. The van der Waals surface area contributed by atoms with E-state index in [1.54, 1.807) is 11.8 Å². The Balaban J connectivity index is 1.97. The van der Waals surface area contributed by atoms with Crippen molar-refractivity contribution in [3.05, 3.63) is 35.9 Å². The zero-order valence-corrected chi connectivity index (χ0v) is 14.1. The van der Waals surface area contributed by atoms with Crippen LogP contribution in [0, 0.1) is 17.2 Å². The van der Waals surface area contributed by atoms with Crippen molar-refractivity contribution in [2.24, 2.45) is 5.92 Å². The van der Waals surface area contributed by atoms with Gasteiger partial charge >= 0.3 is 0 Å². The van der Waals surface area contributed by atoms with Gasteiger partial charge < -0.3 is 4.90 Å². The van der Waals surface area contributed by atoms with Crippen LogP contribution in [-0.4, -0.2) is 53.4 Å². The van der Waals surface area contributed by atoms with Crippen LogP contribution in [0.5, 0.6) is 0 Å². The van der Waals surface area contributed by atoms with E-state index in [0.717, 1.165) is 18.8 Å². The molecule has 1 aromatic carbocycles. The maximum Gasteiger partial charge on any atom is 0.226 e. The number of benzene rings is 1. The van der Waals surface area contributed by atoms with E-state index in [2.05, 4.69) is 23.1 Å². The highest BCUT2D eigenvalue weighted by Gasteiger charge is 2.31. The zero-order chi connectivity index (χ0) is 15.9. The standard InChI is InChI=1S/C17H23N3OS/c1-14(13-22-2)17(21)20-9-8-19(16(10-18)12-20)11-15-6-4-3-5-7-15/h3-7,14,16H,8-9,11-13H2,1-2H3/t14-,16+/m1/s1. The monoisotopic (exact) mass is 317 g/mol. The molecule has 5 heteroatoms. The number of amides is 1. The van der Waals surface area contributed by atoms with Gasteiger partial charge in [0, 0.05) is 37.8 Å². The molecule has 0 saturated carbocycles. The molecule has 1 aromatic rings. The van der Waals surface area contributed by atoms with E-state index in [1.807, 2.05) is 36.3 Å². The van der Waals surface area contributed by atoms with E-state index in [4.69, 9.17) is 0 Å². The highest BCUT2D eigenvalue weighted by atomic mass is 32.2. The number of carbonyl (C=O) groups is 1. The third-order valence-electron chi connectivity index (χ3n) is 4.02. The minimum atomic E-state index is -0.223. The van der Waals surface area contributed by atoms with Crippen molar-refractivity contribution in [3.63, 3.8) is 0 Å². The number of piperazine rings is 1. The number of hydrogen-bond donors (Lipinski definition) is 0. The summed E-state index contributed by atoms with van der Waals surface area (Å²) < 4.78 is 0. The van der Waals surface area contributed by atoms with Gasteiger partial charge in [0.2, 0.25) is 5.91 Å². The van der Waals surface area contributed by atoms with Crippen molar-refractivity contribution >= 4 is 17.7 Å². The molecule has 22 heavy (non-hydrogen) atoms. The second kappa shape index (κ2) is 8.21. The van der Waals surface area contributed by atoms with Gasteiger partial charge in [-0.05, 0) is 11.8 Å². The Labute approximate surface area is 137 Å². The number of rotatable bonds is 5. The summed E-state index contributed by atoms with van der Waals surface area (Å²) in [5.41, 5.74) is 1.21. The second-order valence-electron chi connectivity index (χ2n) is 5.74. The van der Waals surface area contributed by atoms with Crippen LogP contribution in [0.25, 0.3) is 0 Å². The molecule has 0 bridgehead atoms. The predicted molar refractivity (Wildman–Crippen MR) is 90.4 cm³/mol. The first kappa shape index (κ1) is 16.9. The first-order valence-corrected chi connectivity index (χ1v) is 9.00. The fourth-order valence-corrected chi connectivity index (χ4v) is 3.43. The second-order valence-corrected chi connectivity index (χ2v) is 6.65. The lowest BCUT2D eigenvalue weighted by molar-refractivity contribution is -0.136. The number of nitriles is 1. The molecule has 0 unspecified atom stereocenters. The molecule has 2 rings (SSSR count). The maximum absolute atomic E-state index is 12.4. The quantitative estimate of drug-likeness (QED) is 0.835. The van der Waals surface area contributed by atoms with Gasteiger partial charge in [0.05, 0.1) is 6.07 Å². The summed E-state index contributed by atoms with van der Waals surface area (Å²) in [5.74, 6) is 1.03. The fourth-order valence-electron chi connectivity index (χ4n) is 2.78. The lowest BCUT2D eigenvalue weighted by Crippen LogP contribution is -2.54. The lowest BCUT2D eigenvalue weighted by Gasteiger charge is -2.39. The van der Waals surface area contributed by atoms with Crippen molar-refractivity contribution < 1.29 is 4.79 Å². The molecular formula is C17H23N3OS. The molecule has 0 radical (unpaired) electrons. The molecule has 0 aromatic heterocycles. The Morgan fingerprint density at radius 2 is 2.14 bits per heavy atom. The molecular weight excluding hydrogens is 294 g/mol. The Morgan fingerprint density at radius 3 is 2.77 bits per heavy atom. The normalized spacial score (nSPS) is 20.4. The fraction of sp³-hybridized carbons (Fsp3) is 0.529. The van der Waals surface area contributed by atoms with E-state index < -0.39 is 0 Å². The Morgan fingerprint density at radius 1 is 1.41 bits per heavy atom. The SMILES string of the molecule is CSC[C@@H](C)C(=O)N1CCN(Cc2ccccc2)[C@@H](C#N)C1. The smallest absolute Gasteiger partial charge is 0.226 e. The Kier molecular flexibility index (Phi) is 6.29. The van der Waals surface area contributed by atoms with Crippen LogP contribution in [-0.2, 0) is 11.3 Å². The molecule has 0 spiro atoms. The van der Waals surface area contributed by atoms with Crippen molar-refractivity contribution in [3.8, 4) is 6.07 Å². The summed E-state index contributed by atoms with van der Waals surface area (Å²) in [5, 5.41) is 9.45. The molecule has 118 valence electrons. The Bertz CT molecular complexity index is 528. The van der Waals surface area contributed by atoms with E-state index in [9.17, 15) is 10.1 Å². The van der Waals surface area contributed by atoms with E-state index in [1.165, 1.54) is 5.56 Å². The molecule has 0 aliphatic carbocycles. The highest BCUT2D eigenvalue weighted by molar-refractivity contribution is 7.98. The van der Waals surface area contributed by atoms with Gasteiger partial charge in [-0.25, -0.2) is 0 Å². The van der Waals surface area contributed by atoms with E-state index >= 15 is 0 Å². The molecule has 1 saturated heterocycles. The number of thioether (sulfide) groups is 1. The van der Waals surface area contributed by atoms with Gasteiger partial charge in [-0.15, -0.1) is 0 Å². The van der Waals surface area contributed by atoms with Gasteiger partial charge in [-0.3, -0.25) is 9.69 Å². The summed E-state index contributed by atoms with van der Waals surface area (Å²) in [7, 11) is 0. The molecule has 1 amide bonds. The van der Waals surface area contributed by atoms with Gasteiger partial charge in [0.25, 0.3) is 0 Å². The van der Waals surface area contributed by atoms with E-state index in [-0.39, 0.29) is 17.9 Å². The topological polar surface area (TPSA) is 47.3 Å². The summed E-state index contributed by atoms with van der Waals surface area (Å²) in [4.78, 5) is 16.4. The zero-order valence-electron chi connectivity index (χ0n) is 13.2. The summed E-state index contributed by atoms with van der Waals surface area (Å²) in [6, 6.07) is 12.3. The van der Waals surface area contributed by atoms with Gasteiger partial charge in [-0.1, -0.05) is 37.3 Å². The van der Waals surface area contributed by atoms with Crippen LogP contribution < -0.4 is 0 Å². The minimum Gasteiger partial charge on any atom is -0.339 e. The number of nitrogens with zero attached hydrogens (tertiary/aromatic N) is 3. The van der Waals surface area contributed by atoms with Crippen LogP contribution in [0.3, 0.4) is 0 Å². The maximum atomic E-state index is 12.4. The minimum absolute atomic E-state index is 0.0232. The Hall–Kier alpha value is -1.51. The molecule has 1 aliphatic rings. The van der Waals surface area contributed by atoms with Crippen molar-refractivity contribution in [2.45, 2.75) is 19.5 Å². The van der Waals surface area contributed by atoms with Crippen LogP contribution in [0.15, 0.2) is 30.3 Å². The summed E-state index contributed by atoms with van der Waals surface area (Å²) >= 11 is 1.69. The van der Waals surface area contributed by atoms with Crippen molar-refractivity contribution in [1.82, 2.24) is 9.80 Å². The van der Waals surface area contributed by atoms with Crippen LogP contribution in [0.2, 0.25) is 0 Å². The van der Waals surface area contributed by atoms with Gasteiger partial charge in [0.15, 0.2) is 0 Å². The molecule has 1 fully saturated rings. The average molecular weight is 317 g/mol. The highest BCUT2D eigenvalue weighted by Crippen LogP contribution is 2.17. The first-order valence-electron chi connectivity index (χ1n) is 7.61. The molecule has 1 heterocycles. The number of carbonyl (C=O) groups excluding carboxylic acids is 1. The third-order valence-corrected chi connectivity index (χ3v) is 4.85. The third kappa shape index (κ3) is 4.25. The largest absolute Gasteiger partial charge is 0.339 e. The molecule has 4 nitrogen and oxygen atoms in total. The number of hydrogen-bond acceptors (Lipinski definition) is 4. The lowest BCUT2D eigenvalue weighted by atomic mass is 10.1. The molecule has 2 atom stereocenters. The molecule has 0 N–H and O–H groups in total. The summed E-state index contributed by atoms with van der Waals surface area (Å²) in [6.45, 7) is 4.71. The predicted octanol–water partition coefficient (Wildman–Crippen LogP) is 2.22. The average Bonchev–Trinajstić information content (AvgIpc) is 2.55. The van der Waals surface area contributed by atoms with Crippen molar-refractivity contribution in [2.75, 3.05) is 31.6 Å². The van der Waals surface area contributed by atoms with Gasteiger partial charge in [-0.2, -0.15) is 17.0 Å². The van der Waals surface area contributed by atoms with Crippen molar-refractivity contribution in [1.29, 1.82) is 5.26 Å². The van der Waals surface area contributed by atoms with E-state index in [0.29, 0.717) is 13.1 Å². The first-order chi connectivity index (χ1) is 10.7. The van der Waals surface area contributed by atoms with Crippen LogP contribution in [0.4, 0.5) is 0 Å². The summed E-state index contributed by atoms with van der Waals surface area (Å²) in [6.07, 6.45) is 2.01. The van der Waals surface area contributed by atoms with Crippen LogP contribution >= 0.6 is 11.8 Å².